The Morgan fingerprint density at radius 2 is 2.00 bits per heavy atom. The molecule has 0 saturated carbocycles. The average molecular weight is 369 g/mol. The van der Waals surface area contributed by atoms with Gasteiger partial charge >= 0.3 is 0 Å². The number of anilines is 1. The first-order chi connectivity index (χ1) is 9.54. The SMILES string of the molecule is O=S(=O)(Nc1ccc2sccc2c1)c1cncc(Br)c1. The number of hydrogen-bond donors (Lipinski definition) is 1. The van der Waals surface area contributed by atoms with Crippen molar-refractivity contribution >= 4 is 53.1 Å². The number of aromatic nitrogens is 1. The monoisotopic (exact) mass is 368 g/mol. The van der Waals surface area contributed by atoms with Gasteiger partial charge in [0.25, 0.3) is 10.0 Å². The molecule has 3 aromatic rings. The number of benzene rings is 1. The Morgan fingerprint density at radius 1 is 1.15 bits per heavy atom. The molecule has 0 amide bonds. The Morgan fingerprint density at radius 3 is 2.80 bits per heavy atom. The maximum Gasteiger partial charge on any atom is 0.263 e. The van der Waals surface area contributed by atoms with Crippen molar-refractivity contribution in [3.63, 3.8) is 0 Å². The average Bonchev–Trinajstić information content (AvgIpc) is 2.85. The molecule has 1 aromatic carbocycles. The summed E-state index contributed by atoms with van der Waals surface area (Å²) in [5.41, 5.74) is 0.538. The lowest BCUT2D eigenvalue weighted by Crippen LogP contribution is -2.13. The lowest BCUT2D eigenvalue weighted by molar-refractivity contribution is 0.600. The molecule has 3 rings (SSSR count). The van der Waals surface area contributed by atoms with Crippen LogP contribution < -0.4 is 4.72 Å². The fourth-order valence-electron chi connectivity index (χ4n) is 1.78. The number of fused-ring (bicyclic) bond motifs is 1. The van der Waals surface area contributed by atoms with Gasteiger partial charge in [-0.25, -0.2) is 8.42 Å². The van der Waals surface area contributed by atoms with E-state index in [-0.39, 0.29) is 4.90 Å². The molecule has 2 aromatic heterocycles. The van der Waals surface area contributed by atoms with Gasteiger partial charge in [0.2, 0.25) is 0 Å². The predicted molar refractivity (Wildman–Crippen MR) is 84.6 cm³/mol. The lowest BCUT2D eigenvalue weighted by atomic mass is 10.2. The van der Waals surface area contributed by atoms with Crippen LogP contribution in [0.5, 0.6) is 0 Å². The predicted octanol–water partition coefficient (Wildman–Crippen LogP) is 3.86. The number of thiophene rings is 1. The van der Waals surface area contributed by atoms with Crippen molar-refractivity contribution < 1.29 is 8.42 Å². The number of hydrogen-bond acceptors (Lipinski definition) is 4. The zero-order valence-corrected chi connectivity index (χ0v) is 13.3. The summed E-state index contributed by atoms with van der Waals surface area (Å²) in [6.45, 7) is 0. The summed E-state index contributed by atoms with van der Waals surface area (Å²) in [6, 6.07) is 8.94. The van der Waals surface area contributed by atoms with Gasteiger partial charge in [-0.1, -0.05) is 0 Å². The molecule has 2 heterocycles. The van der Waals surface area contributed by atoms with Gasteiger partial charge in [-0.05, 0) is 57.0 Å². The van der Waals surface area contributed by atoms with Gasteiger partial charge in [-0.15, -0.1) is 11.3 Å². The van der Waals surface area contributed by atoms with E-state index in [1.54, 1.807) is 17.4 Å². The smallest absolute Gasteiger partial charge is 0.263 e. The summed E-state index contributed by atoms with van der Waals surface area (Å²) in [5.74, 6) is 0. The van der Waals surface area contributed by atoms with Crippen molar-refractivity contribution in [1.29, 1.82) is 0 Å². The van der Waals surface area contributed by atoms with E-state index in [1.165, 1.54) is 18.5 Å². The standard InChI is InChI=1S/C13H9BrN2O2S2/c14-10-6-12(8-15-7-10)20(17,18)16-11-1-2-13-9(5-11)3-4-19-13/h1-8,16H. The zero-order chi connectivity index (χ0) is 14.2. The Labute approximate surface area is 128 Å². The van der Waals surface area contributed by atoms with Crippen LogP contribution in [0.2, 0.25) is 0 Å². The van der Waals surface area contributed by atoms with Crippen LogP contribution in [0.15, 0.2) is 57.5 Å². The quantitative estimate of drug-likeness (QED) is 0.763. The second-order valence-electron chi connectivity index (χ2n) is 4.12. The van der Waals surface area contributed by atoms with Gasteiger partial charge in [-0.2, -0.15) is 0 Å². The molecule has 0 saturated heterocycles. The Kier molecular flexibility index (Phi) is 3.49. The molecule has 20 heavy (non-hydrogen) atoms. The molecule has 0 bridgehead atoms. The third kappa shape index (κ3) is 2.70. The highest BCUT2D eigenvalue weighted by atomic mass is 79.9. The van der Waals surface area contributed by atoms with Gasteiger partial charge in [-0.3, -0.25) is 9.71 Å². The van der Waals surface area contributed by atoms with Gasteiger partial charge < -0.3 is 0 Å². The fraction of sp³-hybridized carbons (Fsp3) is 0. The molecule has 102 valence electrons. The lowest BCUT2D eigenvalue weighted by Gasteiger charge is -2.08. The summed E-state index contributed by atoms with van der Waals surface area (Å²) >= 11 is 4.83. The number of sulfonamides is 1. The first-order valence-corrected chi connectivity index (χ1v) is 8.81. The van der Waals surface area contributed by atoms with Gasteiger partial charge in [0.15, 0.2) is 0 Å². The molecule has 0 aliphatic carbocycles. The van der Waals surface area contributed by atoms with E-state index in [4.69, 9.17) is 0 Å². The van der Waals surface area contributed by atoms with E-state index in [1.807, 2.05) is 23.6 Å². The second kappa shape index (κ2) is 5.16. The molecule has 7 heteroatoms. The molecule has 1 N–H and O–H groups in total. The van der Waals surface area contributed by atoms with E-state index < -0.39 is 10.0 Å². The highest BCUT2D eigenvalue weighted by Gasteiger charge is 2.15. The number of rotatable bonds is 3. The topological polar surface area (TPSA) is 59.1 Å². The largest absolute Gasteiger partial charge is 0.280 e. The third-order valence-electron chi connectivity index (χ3n) is 2.69. The summed E-state index contributed by atoms with van der Waals surface area (Å²) in [5, 5.41) is 2.99. The molecule has 0 spiro atoms. The molecule has 0 atom stereocenters. The molecule has 0 fully saturated rings. The number of nitrogens with zero attached hydrogens (tertiary/aromatic N) is 1. The maximum atomic E-state index is 12.3. The van der Waals surface area contributed by atoms with Gasteiger partial charge in [0, 0.05) is 27.3 Å². The van der Waals surface area contributed by atoms with Crippen LogP contribution in [0.3, 0.4) is 0 Å². The van der Waals surface area contributed by atoms with Crippen LogP contribution in [0.1, 0.15) is 0 Å². The van der Waals surface area contributed by atoms with Crippen LogP contribution in [0.25, 0.3) is 10.1 Å². The van der Waals surface area contributed by atoms with E-state index >= 15 is 0 Å². The Hall–Kier alpha value is -1.44. The molecule has 0 aliphatic heterocycles. The van der Waals surface area contributed by atoms with E-state index in [2.05, 4.69) is 25.6 Å². The van der Waals surface area contributed by atoms with Crippen molar-refractivity contribution in [1.82, 2.24) is 4.98 Å². The van der Waals surface area contributed by atoms with Crippen LogP contribution in [-0.4, -0.2) is 13.4 Å². The van der Waals surface area contributed by atoms with Crippen LogP contribution in [0, 0.1) is 0 Å². The third-order valence-corrected chi connectivity index (χ3v) is 5.37. The minimum atomic E-state index is -3.63. The van der Waals surface area contributed by atoms with Crippen molar-refractivity contribution in [3.05, 3.63) is 52.6 Å². The minimum absolute atomic E-state index is 0.122. The summed E-state index contributed by atoms with van der Waals surface area (Å²) < 4.78 is 28.8. The van der Waals surface area contributed by atoms with E-state index in [9.17, 15) is 8.42 Å². The Balaban J connectivity index is 1.96. The summed E-state index contributed by atoms with van der Waals surface area (Å²) in [6.07, 6.45) is 2.85. The van der Waals surface area contributed by atoms with Crippen LogP contribution >= 0.6 is 27.3 Å². The number of halogens is 1. The summed E-state index contributed by atoms with van der Waals surface area (Å²) in [4.78, 5) is 3.99. The number of pyridine rings is 1. The molecule has 0 radical (unpaired) electrons. The molecule has 4 nitrogen and oxygen atoms in total. The summed E-state index contributed by atoms with van der Waals surface area (Å²) in [7, 11) is -3.63. The van der Waals surface area contributed by atoms with E-state index in [0.717, 1.165) is 10.1 Å². The molecular formula is C13H9BrN2O2S2. The highest BCUT2D eigenvalue weighted by Crippen LogP contribution is 2.25. The molecule has 0 aliphatic rings. The second-order valence-corrected chi connectivity index (χ2v) is 7.66. The van der Waals surface area contributed by atoms with Crippen LogP contribution in [0.4, 0.5) is 5.69 Å². The Bertz CT molecular complexity index is 875. The first kappa shape index (κ1) is 13.5. The minimum Gasteiger partial charge on any atom is -0.280 e. The fourth-order valence-corrected chi connectivity index (χ4v) is 4.11. The first-order valence-electron chi connectivity index (χ1n) is 5.65. The van der Waals surface area contributed by atoms with Gasteiger partial charge in [0.1, 0.15) is 4.90 Å². The van der Waals surface area contributed by atoms with Crippen molar-refractivity contribution in [2.75, 3.05) is 4.72 Å². The van der Waals surface area contributed by atoms with Crippen molar-refractivity contribution in [3.8, 4) is 0 Å². The molecular weight excluding hydrogens is 360 g/mol. The molecule has 0 unspecified atom stereocenters. The van der Waals surface area contributed by atoms with E-state index in [0.29, 0.717) is 10.2 Å². The highest BCUT2D eigenvalue weighted by molar-refractivity contribution is 9.10. The normalized spacial score (nSPS) is 11.7. The maximum absolute atomic E-state index is 12.3. The number of nitrogens with one attached hydrogen (secondary N) is 1. The van der Waals surface area contributed by atoms with Crippen molar-refractivity contribution in [2.24, 2.45) is 0 Å². The van der Waals surface area contributed by atoms with Crippen LogP contribution in [-0.2, 0) is 10.0 Å². The van der Waals surface area contributed by atoms with Gasteiger partial charge in [0.05, 0.1) is 0 Å². The van der Waals surface area contributed by atoms with Crippen molar-refractivity contribution in [2.45, 2.75) is 4.90 Å². The zero-order valence-electron chi connectivity index (χ0n) is 10.1.